The molecule has 0 aliphatic carbocycles. The van der Waals surface area contributed by atoms with E-state index in [1.54, 1.807) is 29.2 Å². The molecule has 1 fully saturated rings. The minimum atomic E-state index is -1.14. The van der Waals surface area contributed by atoms with Crippen LogP contribution < -0.4 is 10.1 Å². The standard InChI is InChI=1S/C16H20N2O7/c19-14(20)10-17-13(15(21)22)9-11-1-3-12(4-2-11)25-16(23)18-5-7-24-8-6-18/h1-4,13,17H,5-10H2,(H,19,20)(H,21,22). The van der Waals surface area contributed by atoms with Gasteiger partial charge in [-0.05, 0) is 24.1 Å². The Labute approximate surface area is 144 Å². The van der Waals surface area contributed by atoms with E-state index in [4.69, 9.17) is 19.7 Å². The van der Waals surface area contributed by atoms with Gasteiger partial charge in [0.25, 0.3) is 0 Å². The van der Waals surface area contributed by atoms with Crippen LogP contribution in [0.3, 0.4) is 0 Å². The number of benzene rings is 1. The van der Waals surface area contributed by atoms with E-state index in [0.29, 0.717) is 37.6 Å². The minimum absolute atomic E-state index is 0.111. The molecule has 1 aromatic rings. The van der Waals surface area contributed by atoms with Gasteiger partial charge >= 0.3 is 18.0 Å². The summed E-state index contributed by atoms with van der Waals surface area (Å²) >= 11 is 0. The van der Waals surface area contributed by atoms with Crippen molar-refractivity contribution in [2.45, 2.75) is 12.5 Å². The number of ether oxygens (including phenoxy) is 2. The Bertz CT molecular complexity index is 611. The molecule has 0 spiro atoms. The molecule has 1 aromatic carbocycles. The van der Waals surface area contributed by atoms with Gasteiger partial charge in [0.05, 0.1) is 19.8 Å². The zero-order chi connectivity index (χ0) is 18.2. The van der Waals surface area contributed by atoms with Gasteiger partial charge in [-0.3, -0.25) is 14.9 Å². The molecule has 2 rings (SSSR count). The van der Waals surface area contributed by atoms with Crippen molar-refractivity contribution in [1.82, 2.24) is 10.2 Å². The van der Waals surface area contributed by atoms with Crippen molar-refractivity contribution in [2.75, 3.05) is 32.8 Å². The number of hydrogen-bond acceptors (Lipinski definition) is 6. The first-order valence-corrected chi connectivity index (χ1v) is 7.77. The van der Waals surface area contributed by atoms with Crippen LogP contribution in [-0.2, 0) is 20.7 Å². The predicted molar refractivity (Wildman–Crippen MR) is 85.6 cm³/mol. The predicted octanol–water partition coefficient (Wildman–Crippen LogP) is 0.188. The highest BCUT2D eigenvalue weighted by molar-refractivity contribution is 5.76. The number of amides is 1. The second-order valence-corrected chi connectivity index (χ2v) is 5.48. The van der Waals surface area contributed by atoms with E-state index < -0.39 is 30.6 Å². The van der Waals surface area contributed by atoms with Crippen LogP contribution in [0.5, 0.6) is 5.75 Å². The van der Waals surface area contributed by atoms with Gasteiger partial charge in [0.15, 0.2) is 0 Å². The molecule has 25 heavy (non-hydrogen) atoms. The average molecular weight is 352 g/mol. The van der Waals surface area contributed by atoms with Crippen LogP contribution in [0.2, 0.25) is 0 Å². The van der Waals surface area contributed by atoms with Crippen LogP contribution >= 0.6 is 0 Å². The monoisotopic (exact) mass is 352 g/mol. The number of morpholine rings is 1. The summed E-state index contributed by atoms with van der Waals surface area (Å²) in [6.07, 6.45) is -0.345. The van der Waals surface area contributed by atoms with Crippen LogP contribution in [0.1, 0.15) is 5.56 Å². The molecule has 1 unspecified atom stereocenters. The molecule has 0 radical (unpaired) electrons. The Kier molecular flexibility index (Phi) is 6.72. The molecule has 1 aliphatic heterocycles. The third-order valence-electron chi connectivity index (χ3n) is 3.64. The van der Waals surface area contributed by atoms with Crippen LogP contribution in [-0.4, -0.2) is 72.0 Å². The smallest absolute Gasteiger partial charge is 0.415 e. The van der Waals surface area contributed by atoms with E-state index in [9.17, 15) is 14.4 Å². The average Bonchev–Trinajstić information content (AvgIpc) is 2.60. The Morgan fingerprint density at radius 1 is 1.16 bits per heavy atom. The number of carboxylic acids is 2. The molecular formula is C16H20N2O7. The van der Waals surface area contributed by atoms with Gasteiger partial charge in [-0.25, -0.2) is 4.79 Å². The number of nitrogens with zero attached hydrogens (tertiary/aromatic N) is 1. The topological polar surface area (TPSA) is 125 Å². The lowest BCUT2D eigenvalue weighted by Crippen LogP contribution is -2.42. The van der Waals surface area contributed by atoms with E-state index in [-0.39, 0.29) is 6.42 Å². The Morgan fingerprint density at radius 3 is 2.36 bits per heavy atom. The number of carbonyl (C=O) groups excluding carboxylic acids is 1. The number of rotatable bonds is 7. The Morgan fingerprint density at radius 2 is 1.80 bits per heavy atom. The van der Waals surface area contributed by atoms with Crippen molar-refractivity contribution in [3.05, 3.63) is 29.8 Å². The van der Waals surface area contributed by atoms with Crippen molar-refractivity contribution in [3.8, 4) is 5.75 Å². The van der Waals surface area contributed by atoms with E-state index >= 15 is 0 Å². The third-order valence-corrected chi connectivity index (χ3v) is 3.64. The first-order valence-electron chi connectivity index (χ1n) is 7.77. The summed E-state index contributed by atoms with van der Waals surface area (Å²) in [6, 6.07) is 5.41. The summed E-state index contributed by atoms with van der Waals surface area (Å²) in [5.41, 5.74) is 0.677. The van der Waals surface area contributed by atoms with Gasteiger partial charge in [0.1, 0.15) is 11.8 Å². The first kappa shape index (κ1) is 18.7. The number of hydrogen-bond donors (Lipinski definition) is 3. The summed E-state index contributed by atoms with van der Waals surface area (Å²) in [4.78, 5) is 35.2. The maximum Gasteiger partial charge on any atom is 0.415 e. The molecule has 1 heterocycles. The molecular weight excluding hydrogens is 332 g/mol. The molecule has 9 heteroatoms. The lowest BCUT2D eigenvalue weighted by molar-refractivity contribution is -0.140. The largest absolute Gasteiger partial charge is 0.480 e. The second kappa shape index (κ2) is 9.00. The molecule has 0 bridgehead atoms. The van der Waals surface area contributed by atoms with Gasteiger partial charge in [-0.2, -0.15) is 0 Å². The highest BCUT2D eigenvalue weighted by Crippen LogP contribution is 2.15. The van der Waals surface area contributed by atoms with E-state index in [0.717, 1.165) is 0 Å². The van der Waals surface area contributed by atoms with Gasteiger partial charge in [-0.15, -0.1) is 0 Å². The molecule has 1 atom stereocenters. The molecule has 1 saturated heterocycles. The van der Waals surface area contributed by atoms with Crippen molar-refractivity contribution >= 4 is 18.0 Å². The van der Waals surface area contributed by atoms with Crippen molar-refractivity contribution in [1.29, 1.82) is 0 Å². The number of nitrogens with one attached hydrogen (secondary N) is 1. The Hall–Kier alpha value is -2.65. The summed E-state index contributed by atoms with van der Waals surface area (Å²) in [5, 5.41) is 20.2. The van der Waals surface area contributed by atoms with E-state index in [1.807, 2.05) is 0 Å². The zero-order valence-electron chi connectivity index (χ0n) is 13.5. The molecule has 0 saturated carbocycles. The summed E-state index contributed by atoms with van der Waals surface area (Å²) in [5.74, 6) is -1.91. The summed E-state index contributed by atoms with van der Waals surface area (Å²) in [7, 11) is 0. The fraction of sp³-hybridized carbons (Fsp3) is 0.438. The van der Waals surface area contributed by atoms with Crippen molar-refractivity contribution in [2.24, 2.45) is 0 Å². The lowest BCUT2D eigenvalue weighted by Gasteiger charge is -2.25. The van der Waals surface area contributed by atoms with E-state index in [2.05, 4.69) is 5.32 Å². The molecule has 1 amide bonds. The highest BCUT2D eigenvalue weighted by Gasteiger charge is 2.20. The third kappa shape index (κ3) is 6.05. The quantitative estimate of drug-likeness (QED) is 0.635. The molecule has 1 aliphatic rings. The fourth-order valence-electron chi connectivity index (χ4n) is 2.30. The van der Waals surface area contributed by atoms with Gasteiger partial charge < -0.3 is 24.6 Å². The van der Waals surface area contributed by atoms with Gasteiger partial charge in [0.2, 0.25) is 0 Å². The minimum Gasteiger partial charge on any atom is -0.480 e. The number of carboxylic acid groups (broad SMARTS) is 2. The molecule has 9 nitrogen and oxygen atoms in total. The first-order chi connectivity index (χ1) is 12.0. The van der Waals surface area contributed by atoms with Crippen LogP contribution in [0.15, 0.2) is 24.3 Å². The normalized spacial score (nSPS) is 15.4. The van der Waals surface area contributed by atoms with Crippen LogP contribution in [0.25, 0.3) is 0 Å². The van der Waals surface area contributed by atoms with Crippen molar-refractivity contribution < 1.29 is 34.1 Å². The number of aliphatic carboxylic acids is 2. The van der Waals surface area contributed by atoms with Gasteiger partial charge in [-0.1, -0.05) is 12.1 Å². The fourth-order valence-corrected chi connectivity index (χ4v) is 2.30. The summed E-state index contributed by atoms with van der Waals surface area (Å²) in [6.45, 7) is 1.48. The maximum atomic E-state index is 12.0. The van der Waals surface area contributed by atoms with Crippen LogP contribution in [0.4, 0.5) is 4.79 Å². The SMILES string of the molecule is O=C(O)CNC(Cc1ccc(OC(=O)N2CCOCC2)cc1)C(=O)O. The lowest BCUT2D eigenvalue weighted by atomic mass is 10.1. The van der Waals surface area contributed by atoms with Gasteiger partial charge in [0, 0.05) is 13.1 Å². The molecule has 136 valence electrons. The zero-order valence-corrected chi connectivity index (χ0v) is 13.5. The second-order valence-electron chi connectivity index (χ2n) is 5.48. The molecule has 3 N–H and O–H groups in total. The van der Waals surface area contributed by atoms with Crippen LogP contribution in [0, 0.1) is 0 Å². The van der Waals surface area contributed by atoms with E-state index in [1.165, 1.54) is 0 Å². The highest BCUT2D eigenvalue weighted by atomic mass is 16.6. The number of carbonyl (C=O) groups is 3. The van der Waals surface area contributed by atoms with Crippen molar-refractivity contribution in [3.63, 3.8) is 0 Å². The molecule has 0 aromatic heterocycles. The maximum absolute atomic E-state index is 12.0. The Balaban J connectivity index is 1.90. The summed E-state index contributed by atoms with van der Waals surface area (Å²) < 4.78 is 10.4.